The van der Waals surface area contributed by atoms with E-state index in [1.165, 1.54) is 24.3 Å². The summed E-state index contributed by atoms with van der Waals surface area (Å²) in [4.78, 5) is 10.0. The number of halogens is 2. The third kappa shape index (κ3) is 3.00. The van der Waals surface area contributed by atoms with Crippen LogP contribution in [0.4, 0.5) is 25.8 Å². The number of benzene rings is 2. The van der Waals surface area contributed by atoms with E-state index in [0.29, 0.717) is 11.3 Å². The average Bonchev–Trinajstić information content (AvgIpc) is 2.40. The summed E-state index contributed by atoms with van der Waals surface area (Å²) < 4.78 is 25.8. The topological polar surface area (TPSA) is 81.2 Å². The standard InChI is InChI=1S/C13H11F2N3O2/c14-10-3-1-8(5-11(10)15)7-17-9-2-4-13(18(19)20)12(16)6-9/h1-6,17H,7,16H2. The summed E-state index contributed by atoms with van der Waals surface area (Å²) in [6.07, 6.45) is 0. The number of hydrogen-bond donors (Lipinski definition) is 2. The lowest BCUT2D eigenvalue weighted by Gasteiger charge is -2.08. The molecule has 0 spiro atoms. The van der Waals surface area contributed by atoms with Gasteiger partial charge in [0.1, 0.15) is 5.69 Å². The molecule has 0 aliphatic heterocycles. The van der Waals surface area contributed by atoms with E-state index >= 15 is 0 Å². The van der Waals surface area contributed by atoms with Gasteiger partial charge in [-0.2, -0.15) is 0 Å². The number of nitrogen functional groups attached to an aromatic ring is 1. The van der Waals surface area contributed by atoms with Gasteiger partial charge >= 0.3 is 0 Å². The largest absolute Gasteiger partial charge is 0.393 e. The van der Waals surface area contributed by atoms with E-state index in [2.05, 4.69) is 5.32 Å². The lowest BCUT2D eigenvalue weighted by Crippen LogP contribution is -2.02. The molecular formula is C13H11F2N3O2. The Hall–Kier alpha value is -2.70. The van der Waals surface area contributed by atoms with Gasteiger partial charge in [-0.25, -0.2) is 8.78 Å². The first kappa shape index (κ1) is 13.7. The summed E-state index contributed by atoms with van der Waals surface area (Å²) in [5.74, 6) is -1.83. The number of nitrogens with one attached hydrogen (secondary N) is 1. The first-order valence-corrected chi connectivity index (χ1v) is 5.69. The van der Waals surface area contributed by atoms with E-state index in [4.69, 9.17) is 5.73 Å². The molecule has 0 aliphatic rings. The Labute approximate surface area is 113 Å². The fourth-order valence-electron chi connectivity index (χ4n) is 1.68. The van der Waals surface area contributed by atoms with Crippen LogP contribution < -0.4 is 11.1 Å². The van der Waals surface area contributed by atoms with Crippen LogP contribution in [0.15, 0.2) is 36.4 Å². The minimum atomic E-state index is -0.924. The van der Waals surface area contributed by atoms with Crippen LogP contribution in [0.3, 0.4) is 0 Å². The van der Waals surface area contributed by atoms with Crippen molar-refractivity contribution in [3.05, 3.63) is 63.7 Å². The molecule has 2 aromatic carbocycles. The molecule has 0 fully saturated rings. The van der Waals surface area contributed by atoms with Crippen molar-refractivity contribution in [3.63, 3.8) is 0 Å². The van der Waals surface area contributed by atoms with Crippen LogP contribution in [-0.4, -0.2) is 4.92 Å². The SMILES string of the molecule is Nc1cc(NCc2ccc(F)c(F)c2)ccc1[N+](=O)[O-]. The van der Waals surface area contributed by atoms with Crippen LogP contribution >= 0.6 is 0 Å². The fraction of sp³-hybridized carbons (Fsp3) is 0.0769. The van der Waals surface area contributed by atoms with Crippen molar-refractivity contribution in [2.45, 2.75) is 6.54 Å². The summed E-state index contributed by atoms with van der Waals surface area (Å²) in [5.41, 5.74) is 6.50. The number of anilines is 2. The van der Waals surface area contributed by atoms with Crippen LogP contribution in [-0.2, 0) is 6.54 Å². The van der Waals surface area contributed by atoms with Gasteiger partial charge in [-0.05, 0) is 29.8 Å². The Morgan fingerprint density at radius 1 is 1.15 bits per heavy atom. The lowest BCUT2D eigenvalue weighted by atomic mass is 10.2. The molecule has 0 heterocycles. The van der Waals surface area contributed by atoms with E-state index in [-0.39, 0.29) is 17.9 Å². The Morgan fingerprint density at radius 3 is 2.50 bits per heavy atom. The Balaban J connectivity index is 2.09. The molecule has 2 rings (SSSR count). The first-order valence-electron chi connectivity index (χ1n) is 5.69. The zero-order valence-corrected chi connectivity index (χ0v) is 10.3. The molecule has 0 unspecified atom stereocenters. The maximum atomic E-state index is 13.0. The van der Waals surface area contributed by atoms with Gasteiger partial charge in [-0.3, -0.25) is 10.1 Å². The van der Waals surface area contributed by atoms with Crippen molar-refractivity contribution in [1.29, 1.82) is 0 Å². The van der Waals surface area contributed by atoms with Gasteiger partial charge in [0.05, 0.1) is 4.92 Å². The molecule has 0 amide bonds. The van der Waals surface area contributed by atoms with Crippen LogP contribution in [0.25, 0.3) is 0 Å². The number of hydrogen-bond acceptors (Lipinski definition) is 4. The highest BCUT2D eigenvalue weighted by molar-refractivity contribution is 5.65. The molecular weight excluding hydrogens is 268 g/mol. The second-order valence-corrected chi connectivity index (χ2v) is 4.13. The Morgan fingerprint density at radius 2 is 1.90 bits per heavy atom. The molecule has 0 saturated heterocycles. The minimum Gasteiger partial charge on any atom is -0.393 e. The normalized spacial score (nSPS) is 10.3. The smallest absolute Gasteiger partial charge is 0.292 e. The minimum absolute atomic E-state index is 0.0327. The van der Waals surface area contributed by atoms with E-state index in [1.54, 1.807) is 0 Å². The Bertz CT molecular complexity index is 662. The molecule has 0 atom stereocenters. The number of nitrogens with two attached hydrogens (primary N) is 1. The van der Waals surface area contributed by atoms with E-state index in [1.807, 2.05) is 0 Å². The lowest BCUT2D eigenvalue weighted by molar-refractivity contribution is -0.383. The summed E-state index contributed by atoms with van der Waals surface area (Å²) >= 11 is 0. The average molecular weight is 279 g/mol. The summed E-state index contributed by atoms with van der Waals surface area (Å²) in [6, 6.07) is 7.75. The van der Waals surface area contributed by atoms with Crippen LogP contribution in [0.5, 0.6) is 0 Å². The molecule has 0 radical (unpaired) electrons. The summed E-state index contributed by atoms with van der Waals surface area (Å²) in [7, 11) is 0. The van der Waals surface area contributed by atoms with Gasteiger partial charge < -0.3 is 11.1 Å². The molecule has 0 bridgehead atoms. The van der Waals surface area contributed by atoms with Gasteiger partial charge in [-0.1, -0.05) is 6.07 Å². The molecule has 104 valence electrons. The summed E-state index contributed by atoms with van der Waals surface area (Å²) in [5, 5.41) is 13.5. The maximum absolute atomic E-state index is 13.0. The van der Waals surface area contributed by atoms with Gasteiger partial charge in [0.25, 0.3) is 5.69 Å². The monoisotopic (exact) mass is 279 g/mol. The molecule has 2 aromatic rings. The zero-order chi connectivity index (χ0) is 14.7. The summed E-state index contributed by atoms with van der Waals surface area (Å²) in [6.45, 7) is 0.244. The highest BCUT2D eigenvalue weighted by Crippen LogP contribution is 2.25. The van der Waals surface area contributed by atoms with E-state index in [9.17, 15) is 18.9 Å². The molecule has 3 N–H and O–H groups in total. The first-order chi connectivity index (χ1) is 9.47. The van der Waals surface area contributed by atoms with E-state index in [0.717, 1.165) is 12.1 Å². The molecule has 0 aliphatic carbocycles. The van der Waals surface area contributed by atoms with Crippen LogP contribution in [0.1, 0.15) is 5.56 Å². The predicted octanol–water partition coefficient (Wildman–Crippen LogP) is 3.07. The fourth-order valence-corrected chi connectivity index (χ4v) is 1.68. The molecule has 7 heteroatoms. The van der Waals surface area contributed by atoms with Gasteiger partial charge in [-0.15, -0.1) is 0 Å². The van der Waals surface area contributed by atoms with Crippen molar-refractivity contribution in [1.82, 2.24) is 0 Å². The van der Waals surface area contributed by atoms with Gasteiger partial charge in [0, 0.05) is 18.3 Å². The van der Waals surface area contributed by atoms with E-state index < -0.39 is 16.6 Å². The van der Waals surface area contributed by atoms with Gasteiger partial charge in [0.2, 0.25) is 0 Å². The second kappa shape index (κ2) is 5.52. The highest BCUT2D eigenvalue weighted by atomic mass is 19.2. The highest BCUT2D eigenvalue weighted by Gasteiger charge is 2.11. The molecule has 0 aromatic heterocycles. The molecule has 20 heavy (non-hydrogen) atoms. The quantitative estimate of drug-likeness (QED) is 0.512. The number of nitro groups is 1. The van der Waals surface area contributed by atoms with Crippen molar-refractivity contribution >= 4 is 17.1 Å². The van der Waals surface area contributed by atoms with Crippen LogP contribution in [0.2, 0.25) is 0 Å². The van der Waals surface area contributed by atoms with Crippen molar-refractivity contribution in [3.8, 4) is 0 Å². The second-order valence-electron chi connectivity index (χ2n) is 4.13. The van der Waals surface area contributed by atoms with Gasteiger partial charge in [0.15, 0.2) is 11.6 Å². The third-order valence-corrected chi connectivity index (χ3v) is 2.70. The van der Waals surface area contributed by atoms with Crippen molar-refractivity contribution in [2.24, 2.45) is 0 Å². The van der Waals surface area contributed by atoms with Crippen molar-refractivity contribution in [2.75, 3.05) is 11.1 Å². The van der Waals surface area contributed by atoms with Crippen LogP contribution in [0, 0.1) is 21.7 Å². The zero-order valence-electron chi connectivity index (χ0n) is 10.3. The Kier molecular flexibility index (Phi) is 3.79. The third-order valence-electron chi connectivity index (χ3n) is 2.70. The maximum Gasteiger partial charge on any atom is 0.292 e. The molecule has 5 nitrogen and oxygen atoms in total. The number of nitro benzene ring substituents is 1. The van der Waals surface area contributed by atoms with Crippen molar-refractivity contribution < 1.29 is 13.7 Å². The number of rotatable bonds is 4. The number of nitrogens with zero attached hydrogens (tertiary/aromatic N) is 1. The predicted molar refractivity (Wildman–Crippen MR) is 71.2 cm³/mol. The molecule has 0 saturated carbocycles.